The minimum Gasteiger partial charge on any atom is -0.508 e. The van der Waals surface area contributed by atoms with Crippen LogP contribution in [0.4, 0.5) is 0 Å². The van der Waals surface area contributed by atoms with Gasteiger partial charge in [-0.1, -0.05) is 54.0 Å². The smallest absolute Gasteiger partial charge is 0.246 e. The van der Waals surface area contributed by atoms with E-state index in [1.807, 2.05) is 0 Å². The third-order valence-electron chi connectivity index (χ3n) is 12.4. The average molecular weight is 1030 g/mol. The topological polar surface area (TPSA) is 386 Å². The summed E-state index contributed by atoms with van der Waals surface area (Å²) in [5.74, 6) is -9.91. The summed E-state index contributed by atoms with van der Waals surface area (Å²) in [5.41, 5.74) is 17.9. The number of hydrogen-bond acceptors (Lipinski definition) is 15. The molecule has 2 bridgehead atoms. The lowest BCUT2D eigenvalue weighted by molar-refractivity contribution is -0.142. The molecule has 0 radical (unpaired) electrons. The summed E-state index contributed by atoms with van der Waals surface area (Å²) >= 11 is 0. The van der Waals surface area contributed by atoms with Gasteiger partial charge in [-0.3, -0.25) is 52.7 Å². The van der Waals surface area contributed by atoms with Crippen molar-refractivity contribution in [1.29, 1.82) is 0 Å². The Morgan fingerprint density at radius 3 is 2.11 bits per heavy atom. The molecule has 3 fully saturated rings. The molecule has 15 N–H and O–H groups in total. The van der Waals surface area contributed by atoms with E-state index >= 15 is 0 Å². The Bertz CT molecular complexity index is 2150. The normalized spacial score (nSPS) is 27.6. The van der Waals surface area contributed by atoms with E-state index in [-0.39, 0.29) is 63.1 Å². The summed E-state index contributed by atoms with van der Waals surface area (Å²) in [4.78, 5) is 152. The van der Waals surface area contributed by atoms with Gasteiger partial charge in [0.2, 0.25) is 65.0 Å². The maximum atomic E-state index is 14.7. The lowest BCUT2D eigenvalue weighted by Crippen LogP contribution is -2.62. The van der Waals surface area contributed by atoms with Gasteiger partial charge >= 0.3 is 0 Å². The number of aromatic hydroxyl groups is 1. The second-order valence-electron chi connectivity index (χ2n) is 18.4. The molecular formula is C45H68N12O12S2. The van der Waals surface area contributed by atoms with Gasteiger partial charge in [0.25, 0.3) is 0 Å². The number of amides is 11. The Balaban J connectivity index is 1.84. The summed E-state index contributed by atoms with van der Waals surface area (Å²) in [5, 5.41) is 30.9. The first-order valence-electron chi connectivity index (χ1n) is 23.6. The van der Waals surface area contributed by atoms with Gasteiger partial charge in [0.15, 0.2) is 0 Å². The van der Waals surface area contributed by atoms with Crippen LogP contribution in [0, 0.1) is 5.92 Å². The van der Waals surface area contributed by atoms with E-state index < -0.39 is 137 Å². The molecule has 3 aliphatic heterocycles. The Kier molecular flexibility index (Phi) is 21.7. The van der Waals surface area contributed by atoms with Crippen molar-refractivity contribution in [2.24, 2.45) is 23.1 Å². The predicted octanol–water partition coefficient (Wildman–Crippen LogP) is -3.06. The number of phenols is 1. The number of carbonyl (C=O) groups is 11. The number of rotatable bonds is 9. The van der Waals surface area contributed by atoms with Gasteiger partial charge in [0, 0.05) is 36.4 Å². The van der Waals surface area contributed by atoms with Crippen LogP contribution in [0.1, 0.15) is 91.0 Å². The monoisotopic (exact) mass is 1030 g/mol. The molecule has 9 atom stereocenters. The molecule has 71 heavy (non-hydrogen) atoms. The van der Waals surface area contributed by atoms with Crippen LogP contribution < -0.4 is 59.7 Å². The molecule has 26 heteroatoms. The summed E-state index contributed by atoms with van der Waals surface area (Å²) in [6.07, 6.45) is -0.115. The van der Waals surface area contributed by atoms with Crippen LogP contribution in [0.5, 0.6) is 5.75 Å². The van der Waals surface area contributed by atoms with Gasteiger partial charge in [-0.25, -0.2) is 0 Å². The molecule has 4 rings (SSSR count). The molecule has 0 spiro atoms. The van der Waals surface area contributed by atoms with E-state index in [0.717, 1.165) is 21.6 Å². The third-order valence-corrected chi connectivity index (χ3v) is 15.8. The molecule has 1 aromatic rings. The number of nitrogens with two attached hydrogens (primary N) is 3. The van der Waals surface area contributed by atoms with E-state index in [1.165, 1.54) is 17.0 Å². The first kappa shape index (κ1) is 57.4. The van der Waals surface area contributed by atoms with Crippen molar-refractivity contribution in [2.45, 2.75) is 145 Å². The van der Waals surface area contributed by atoms with Crippen LogP contribution >= 0.6 is 21.6 Å². The molecule has 392 valence electrons. The van der Waals surface area contributed by atoms with Crippen LogP contribution in [0.3, 0.4) is 0 Å². The lowest BCUT2D eigenvalue weighted by Gasteiger charge is -2.33. The summed E-state index contributed by atoms with van der Waals surface area (Å²) < 4.78 is -1.15. The number of benzene rings is 1. The van der Waals surface area contributed by atoms with Gasteiger partial charge in [-0.05, 0) is 76.0 Å². The maximum Gasteiger partial charge on any atom is 0.246 e. The van der Waals surface area contributed by atoms with Gasteiger partial charge < -0.3 is 69.7 Å². The number of carbonyl (C=O) groups excluding carboxylic acids is 11. The quantitative estimate of drug-likeness (QED) is 0.109. The molecule has 3 heterocycles. The largest absolute Gasteiger partial charge is 0.508 e. The lowest BCUT2D eigenvalue weighted by atomic mass is 9.96. The van der Waals surface area contributed by atoms with Gasteiger partial charge in [0.1, 0.15) is 48.0 Å². The van der Waals surface area contributed by atoms with Gasteiger partial charge in [-0.2, -0.15) is 0 Å². The van der Waals surface area contributed by atoms with Crippen LogP contribution in [0.15, 0.2) is 24.3 Å². The molecule has 24 nitrogen and oxygen atoms in total. The van der Waals surface area contributed by atoms with Crippen molar-refractivity contribution in [1.82, 2.24) is 47.4 Å². The van der Waals surface area contributed by atoms with Gasteiger partial charge in [0.05, 0.1) is 19.0 Å². The van der Waals surface area contributed by atoms with Crippen molar-refractivity contribution < 1.29 is 57.8 Å². The van der Waals surface area contributed by atoms with Crippen molar-refractivity contribution in [2.75, 3.05) is 25.4 Å². The van der Waals surface area contributed by atoms with Crippen LogP contribution in [-0.2, 0) is 59.2 Å². The van der Waals surface area contributed by atoms with E-state index in [1.54, 1.807) is 39.8 Å². The predicted molar refractivity (Wildman–Crippen MR) is 262 cm³/mol. The molecule has 0 unspecified atom stereocenters. The first-order chi connectivity index (χ1) is 33.5. The van der Waals surface area contributed by atoms with E-state index in [4.69, 9.17) is 17.2 Å². The van der Waals surface area contributed by atoms with Crippen LogP contribution in [0.2, 0.25) is 0 Å². The Morgan fingerprint density at radius 2 is 1.45 bits per heavy atom. The first-order valence-corrected chi connectivity index (χ1v) is 25.9. The minimum absolute atomic E-state index is 0.0417. The number of fused-ring (bicyclic) bond motifs is 7. The van der Waals surface area contributed by atoms with E-state index in [2.05, 4.69) is 42.5 Å². The highest BCUT2D eigenvalue weighted by Crippen LogP contribution is 2.38. The third kappa shape index (κ3) is 17.3. The highest BCUT2D eigenvalue weighted by atomic mass is 33.1. The molecule has 1 aromatic carbocycles. The van der Waals surface area contributed by atoms with Crippen molar-refractivity contribution >= 4 is 86.6 Å². The molecule has 0 aromatic heterocycles. The zero-order chi connectivity index (χ0) is 52.6. The van der Waals surface area contributed by atoms with Crippen LogP contribution in [-0.4, -0.2) is 153 Å². The molecule has 0 saturated carbocycles. The highest BCUT2D eigenvalue weighted by Gasteiger charge is 2.42. The van der Waals surface area contributed by atoms with E-state index in [0.29, 0.717) is 24.8 Å². The van der Waals surface area contributed by atoms with E-state index in [9.17, 15) is 57.8 Å². The van der Waals surface area contributed by atoms with Crippen LogP contribution in [0.25, 0.3) is 0 Å². The number of primary amides is 2. The second kappa shape index (κ2) is 26.9. The number of hydrogen-bond donors (Lipinski definition) is 12. The van der Waals surface area contributed by atoms with Gasteiger partial charge in [-0.15, -0.1) is 0 Å². The highest BCUT2D eigenvalue weighted by molar-refractivity contribution is 8.77. The number of nitrogens with zero attached hydrogens (tertiary/aromatic N) is 1. The fourth-order valence-electron chi connectivity index (χ4n) is 7.98. The Morgan fingerprint density at radius 1 is 0.789 bits per heavy atom. The zero-order valence-corrected chi connectivity index (χ0v) is 42.0. The van der Waals surface area contributed by atoms with Crippen molar-refractivity contribution in [3.05, 3.63) is 29.8 Å². The Hall–Kier alpha value is -6.15. The minimum atomic E-state index is -1.74. The van der Waals surface area contributed by atoms with Crippen molar-refractivity contribution in [3.8, 4) is 5.75 Å². The second-order valence-corrected chi connectivity index (χ2v) is 21.4. The van der Waals surface area contributed by atoms with Crippen molar-refractivity contribution in [3.63, 3.8) is 0 Å². The summed E-state index contributed by atoms with van der Waals surface area (Å²) in [6.45, 7) is 6.34. The molecular weight excluding hydrogens is 965 g/mol. The standard InChI is InChI=1S/C45H68N12O12S2/c1-5-23(2)35-42(67)52-27-15-16-34(61)49-17-7-6-9-26(37(62)50-21-33(47)60)51-41(66)31-10-8-18-57(31)44(69)30(55-39(64)29(20-32(46)59)53-38(27)63)22-70-71-45(3,4)36(48)43(68)54-28(40(65)56-35)19-24-11-13-25(58)14-12-24/h11-14,23,26-31,35-36,58H,5-10,15-22,48H2,1-4H3,(H2,46,59)(H2,47,60)(H,49,61)(H,50,62)(H,51,66)(H,52,67)(H,53,63)(H,54,68)(H,55,64)(H,56,65)/t23-,26+,27+,28+,29+,30-,31+,35-,36-/m0/s1. The average Bonchev–Trinajstić information content (AvgIpc) is 3.82. The SMILES string of the molecule is CC[C@H](C)[C@@H]1NC(=O)[C@@H](Cc2ccc(O)cc2)NC(=O)[C@H](N)C(C)(C)SSC[C@@H]2NC(=O)[C@@H](CC(N)=O)NC(=O)[C@@H](CCC(=O)NCCCC[C@H](C(=O)NCC(N)=O)NC(=O)[C@H]3CCCN3C2=O)NC1=O. The number of phenolic OH excluding ortho intramolecular Hbond substituents is 1. The summed E-state index contributed by atoms with van der Waals surface area (Å²) in [6, 6.07) is -5.17. The Labute approximate surface area is 419 Å². The molecule has 0 aliphatic carbocycles. The molecule has 3 aliphatic rings. The molecule has 3 saturated heterocycles. The fourth-order valence-corrected chi connectivity index (χ4v) is 10.8. The molecule has 11 amide bonds. The maximum absolute atomic E-state index is 14.7. The summed E-state index contributed by atoms with van der Waals surface area (Å²) in [7, 11) is 2.10. The fraction of sp³-hybridized carbons (Fsp3) is 0.622. The zero-order valence-electron chi connectivity index (χ0n) is 40.3. The number of nitrogens with one attached hydrogen (secondary N) is 8.